The van der Waals surface area contributed by atoms with Crippen molar-refractivity contribution in [3.8, 4) is 0 Å². The molecule has 2 heterocycles. The van der Waals surface area contributed by atoms with Crippen molar-refractivity contribution in [1.29, 1.82) is 0 Å². The summed E-state index contributed by atoms with van der Waals surface area (Å²) < 4.78 is 64.6. The standard InChI is InChI=1S/C9H9F.C8H4FNO2.C4H8O.C4H10O.CH4O.BF3.B/c10-9-6-2-4-7-3-1-5-8(7)9;9-5-3-1-2-4-6(5)8(12)10-7(4)11;1-2-4-5-3-1;1-3-5-4-2;1-2;2-1(3)4;/h2,4,6H,1,3,5H2;1-3H,(H,10,11,12);1-4H2;3-4H2,1-2H3;2H,1H3;;. The van der Waals surface area contributed by atoms with Crippen molar-refractivity contribution in [2.75, 3.05) is 33.5 Å². The van der Waals surface area contributed by atoms with Gasteiger partial charge in [0.1, 0.15) is 11.6 Å². The fourth-order valence-electron chi connectivity index (χ4n) is 3.46. The zero-order valence-electron chi connectivity index (χ0n) is 22.5. The Labute approximate surface area is 229 Å². The van der Waals surface area contributed by atoms with Crippen LogP contribution in [0.3, 0.4) is 0 Å². The molecule has 1 fully saturated rings. The summed E-state index contributed by atoms with van der Waals surface area (Å²) in [4.78, 5) is 21.9. The van der Waals surface area contributed by atoms with Crippen LogP contribution in [0, 0.1) is 11.6 Å². The molecule has 0 atom stereocenters. The number of ether oxygens (including phenoxy) is 2. The molecule has 2 aromatic carbocycles. The van der Waals surface area contributed by atoms with E-state index < -0.39 is 25.2 Å². The van der Waals surface area contributed by atoms with Gasteiger partial charge in [0.25, 0.3) is 11.8 Å². The number of rotatable bonds is 2. The van der Waals surface area contributed by atoms with Gasteiger partial charge in [-0.2, -0.15) is 0 Å². The van der Waals surface area contributed by atoms with Crippen LogP contribution in [0.1, 0.15) is 65.0 Å². The van der Waals surface area contributed by atoms with E-state index in [2.05, 4.69) is 0 Å². The molecule has 215 valence electrons. The number of hydrogen-bond acceptors (Lipinski definition) is 5. The molecule has 0 unspecified atom stereocenters. The number of benzene rings is 2. The molecule has 6 nitrogen and oxygen atoms in total. The minimum absolute atomic E-state index is 0. The molecule has 5 rings (SSSR count). The number of nitrogens with one attached hydrogen (secondary N) is 1. The van der Waals surface area contributed by atoms with Gasteiger partial charge in [-0.15, -0.1) is 0 Å². The first-order valence-electron chi connectivity index (χ1n) is 12.2. The van der Waals surface area contributed by atoms with E-state index in [-0.39, 0.29) is 25.4 Å². The lowest BCUT2D eigenvalue weighted by molar-refractivity contribution is 0.0878. The highest BCUT2D eigenvalue weighted by atomic mass is 19.4. The second kappa shape index (κ2) is 23.2. The maximum atomic E-state index is 12.9. The molecular formula is C26H35B2F5NO5. The Balaban J connectivity index is 0. The zero-order valence-corrected chi connectivity index (χ0v) is 22.5. The molecule has 3 radical (unpaired) electrons. The molecule has 0 saturated carbocycles. The molecule has 13 heteroatoms. The van der Waals surface area contributed by atoms with E-state index in [1.165, 1.54) is 30.5 Å². The fraction of sp³-hybridized carbons (Fsp3) is 0.462. The second-order valence-electron chi connectivity index (χ2n) is 7.53. The third-order valence-corrected chi connectivity index (χ3v) is 5.04. The Morgan fingerprint density at radius 3 is 1.85 bits per heavy atom. The third-order valence-electron chi connectivity index (χ3n) is 5.04. The van der Waals surface area contributed by atoms with E-state index in [0.29, 0.717) is 0 Å². The van der Waals surface area contributed by atoms with Crippen LogP contribution >= 0.6 is 0 Å². The second-order valence-corrected chi connectivity index (χ2v) is 7.53. The normalized spacial score (nSPS) is 13.4. The van der Waals surface area contributed by atoms with E-state index in [1.54, 1.807) is 12.1 Å². The van der Waals surface area contributed by atoms with Crippen LogP contribution < -0.4 is 5.32 Å². The lowest BCUT2D eigenvalue weighted by Gasteiger charge is -1.97. The zero-order chi connectivity index (χ0) is 28.9. The minimum Gasteiger partial charge on any atom is -0.400 e. The number of carbonyl (C=O) groups is 2. The lowest BCUT2D eigenvalue weighted by atomic mass is 10.1. The summed E-state index contributed by atoms with van der Waals surface area (Å²) in [5.41, 5.74) is 2.12. The molecule has 39 heavy (non-hydrogen) atoms. The van der Waals surface area contributed by atoms with Gasteiger partial charge < -0.3 is 14.6 Å². The van der Waals surface area contributed by atoms with Crippen molar-refractivity contribution < 1.29 is 45.9 Å². The number of fused-ring (bicyclic) bond motifs is 2. The summed E-state index contributed by atoms with van der Waals surface area (Å²) in [6, 6.07) is 9.32. The SMILES string of the molecule is C1CCOC1.CCOCC.CO.FB(F)F.Fc1cccc2c1CCC2.O=C1NC(=O)c2c(F)cccc21.[B]. The summed E-state index contributed by atoms with van der Waals surface area (Å²) in [6.45, 7) is 7.67. The van der Waals surface area contributed by atoms with Crippen LogP contribution in [0.15, 0.2) is 36.4 Å². The predicted molar refractivity (Wildman–Crippen MR) is 142 cm³/mol. The molecule has 2 N–H and O–H groups in total. The number of aliphatic hydroxyl groups excluding tert-OH is 1. The monoisotopic (exact) mass is 558 g/mol. The first-order chi connectivity index (χ1) is 18.2. The van der Waals surface area contributed by atoms with Crippen molar-refractivity contribution in [1.82, 2.24) is 5.32 Å². The summed E-state index contributed by atoms with van der Waals surface area (Å²) in [6.07, 6.45) is 5.67. The first-order valence-corrected chi connectivity index (χ1v) is 12.2. The minimum atomic E-state index is -3.67. The number of halogens is 5. The lowest BCUT2D eigenvalue weighted by Crippen LogP contribution is -2.20. The average molecular weight is 558 g/mol. The maximum absolute atomic E-state index is 12.9. The van der Waals surface area contributed by atoms with Gasteiger partial charge >= 0.3 is 7.54 Å². The number of aryl methyl sites for hydroxylation is 1. The van der Waals surface area contributed by atoms with E-state index in [1.807, 2.05) is 25.2 Å². The topological polar surface area (TPSA) is 84.9 Å². The van der Waals surface area contributed by atoms with Crippen LogP contribution in [0.4, 0.5) is 21.7 Å². The summed E-state index contributed by atoms with van der Waals surface area (Å²) in [5, 5.41) is 9.01. The Bertz CT molecular complexity index is 954. The molecule has 0 aromatic heterocycles. The van der Waals surface area contributed by atoms with Crippen molar-refractivity contribution in [2.45, 2.75) is 46.0 Å². The van der Waals surface area contributed by atoms with Crippen molar-refractivity contribution in [2.24, 2.45) is 0 Å². The van der Waals surface area contributed by atoms with Gasteiger partial charge in [-0.25, -0.2) is 8.78 Å². The molecule has 2 aliphatic heterocycles. The van der Waals surface area contributed by atoms with Gasteiger partial charge in [-0.05, 0) is 75.3 Å². The smallest absolute Gasteiger partial charge is 0.400 e. The predicted octanol–water partition coefficient (Wildman–Crippen LogP) is 4.97. The quantitative estimate of drug-likeness (QED) is 0.309. The molecule has 3 aliphatic rings. The van der Waals surface area contributed by atoms with Crippen LogP contribution in [0.2, 0.25) is 0 Å². The largest absolute Gasteiger partial charge is 0.762 e. The number of imide groups is 1. The van der Waals surface area contributed by atoms with Gasteiger partial charge in [-0.1, -0.05) is 18.2 Å². The highest BCUT2D eigenvalue weighted by molar-refractivity contribution is 6.33. The molecule has 2 amide bonds. The van der Waals surface area contributed by atoms with Crippen molar-refractivity contribution >= 4 is 27.8 Å². The maximum Gasteiger partial charge on any atom is 0.762 e. The van der Waals surface area contributed by atoms with Crippen molar-refractivity contribution in [3.63, 3.8) is 0 Å². The Hall–Kier alpha value is -2.76. The summed E-state index contributed by atoms with van der Waals surface area (Å²) in [5.74, 6) is -1.87. The van der Waals surface area contributed by atoms with Crippen LogP contribution in [-0.4, -0.2) is 66.4 Å². The molecule has 2 aromatic rings. The summed E-state index contributed by atoms with van der Waals surface area (Å²) >= 11 is 0. The van der Waals surface area contributed by atoms with Crippen LogP contribution in [-0.2, 0) is 22.3 Å². The fourth-order valence-corrected chi connectivity index (χ4v) is 3.46. The van der Waals surface area contributed by atoms with E-state index in [4.69, 9.17) is 14.6 Å². The van der Waals surface area contributed by atoms with Gasteiger partial charge in [0.05, 0.1) is 11.1 Å². The van der Waals surface area contributed by atoms with Crippen molar-refractivity contribution in [3.05, 3.63) is 70.3 Å². The van der Waals surface area contributed by atoms with E-state index in [0.717, 1.165) is 64.4 Å². The van der Waals surface area contributed by atoms with Crippen LogP contribution in [0.5, 0.6) is 0 Å². The number of carbonyl (C=O) groups excluding carboxylic acids is 2. The Morgan fingerprint density at radius 2 is 1.41 bits per heavy atom. The molecule has 0 bridgehead atoms. The van der Waals surface area contributed by atoms with Gasteiger partial charge in [-0.3, -0.25) is 27.9 Å². The highest BCUT2D eigenvalue weighted by Gasteiger charge is 2.29. The summed E-state index contributed by atoms with van der Waals surface area (Å²) in [7, 11) is -2.67. The number of amides is 2. The van der Waals surface area contributed by atoms with E-state index >= 15 is 0 Å². The van der Waals surface area contributed by atoms with Gasteiger partial charge in [0.15, 0.2) is 0 Å². The van der Waals surface area contributed by atoms with E-state index in [9.17, 15) is 31.3 Å². The highest BCUT2D eigenvalue weighted by Crippen LogP contribution is 2.23. The average Bonchev–Trinajstić information content (AvgIpc) is 3.66. The first kappa shape index (κ1) is 38.4. The molecule has 1 saturated heterocycles. The Kier molecular flexibility index (Phi) is 22.8. The third kappa shape index (κ3) is 15.4. The number of hydrogen-bond donors (Lipinski definition) is 2. The van der Waals surface area contributed by atoms with Gasteiger partial charge in [0, 0.05) is 42.0 Å². The molecule has 1 aliphatic carbocycles. The van der Waals surface area contributed by atoms with Crippen LogP contribution in [0.25, 0.3) is 0 Å². The molecular weight excluding hydrogens is 523 g/mol. The Morgan fingerprint density at radius 1 is 0.872 bits per heavy atom. The molecule has 0 spiro atoms. The number of aliphatic hydroxyl groups is 1. The van der Waals surface area contributed by atoms with Gasteiger partial charge in [0.2, 0.25) is 0 Å².